The Morgan fingerprint density at radius 1 is 1.57 bits per heavy atom. The molecule has 0 aromatic carbocycles. The van der Waals surface area contributed by atoms with Crippen LogP contribution in [0.15, 0.2) is 12.4 Å². The van der Waals surface area contributed by atoms with Gasteiger partial charge in [0.2, 0.25) is 0 Å². The van der Waals surface area contributed by atoms with E-state index in [0.717, 1.165) is 6.54 Å². The Kier molecular flexibility index (Phi) is 3.16. The number of rotatable bonds is 3. The highest BCUT2D eigenvalue weighted by atomic mass is 15.1. The molecule has 1 fully saturated rings. The lowest BCUT2D eigenvalue weighted by Crippen LogP contribution is -2.40. The van der Waals surface area contributed by atoms with Crippen LogP contribution in [0.4, 0.5) is 0 Å². The smallest absolute Gasteiger partial charge is 0.0532 e. The van der Waals surface area contributed by atoms with Crippen molar-refractivity contribution in [1.82, 2.24) is 20.4 Å². The molecule has 14 heavy (non-hydrogen) atoms. The van der Waals surface area contributed by atoms with E-state index in [9.17, 15) is 0 Å². The second-order valence-electron chi connectivity index (χ2n) is 4.07. The van der Waals surface area contributed by atoms with E-state index in [1.807, 2.05) is 12.4 Å². The molecular formula is C10H18N4. The summed E-state index contributed by atoms with van der Waals surface area (Å²) in [7, 11) is 2.19. The van der Waals surface area contributed by atoms with Crippen LogP contribution >= 0.6 is 0 Å². The van der Waals surface area contributed by atoms with Gasteiger partial charge >= 0.3 is 0 Å². The van der Waals surface area contributed by atoms with Gasteiger partial charge in [-0.25, -0.2) is 0 Å². The van der Waals surface area contributed by atoms with Crippen LogP contribution in [-0.2, 0) is 6.54 Å². The van der Waals surface area contributed by atoms with Gasteiger partial charge in [-0.3, -0.25) is 5.10 Å². The quantitative estimate of drug-likeness (QED) is 0.740. The van der Waals surface area contributed by atoms with Crippen LogP contribution in [-0.4, -0.2) is 41.3 Å². The third kappa shape index (κ3) is 2.56. The third-order valence-electron chi connectivity index (χ3n) is 2.87. The summed E-state index contributed by atoms with van der Waals surface area (Å²) in [5, 5.41) is 10.3. The molecule has 1 aromatic rings. The molecule has 2 N–H and O–H groups in total. The number of aromatic nitrogens is 2. The van der Waals surface area contributed by atoms with Gasteiger partial charge in [0, 0.05) is 24.3 Å². The number of H-pyrrole nitrogens is 1. The first-order valence-corrected chi connectivity index (χ1v) is 5.24. The summed E-state index contributed by atoms with van der Waals surface area (Å²) < 4.78 is 0. The van der Waals surface area contributed by atoms with E-state index >= 15 is 0 Å². The maximum Gasteiger partial charge on any atom is 0.0532 e. The fraction of sp³-hybridized carbons (Fsp3) is 0.700. The summed E-state index contributed by atoms with van der Waals surface area (Å²) in [6.07, 6.45) is 6.34. The summed E-state index contributed by atoms with van der Waals surface area (Å²) in [5.41, 5.74) is 1.24. The van der Waals surface area contributed by atoms with E-state index in [1.54, 1.807) is 0 Å². The topological polar surface area (TPSA) is 44.0 Å². The molecule has 0 aliphatic carbocycles. The first-order chi connectivity index (χ1) is 6.84. The predicted octanol–water partition coefficient (Wildman–Crippen LogP) is 0.593. The zero-order valence-corrected chi connectivity index (χ0v) is 8.66. The number of aromatic amines is 1. The van der Waals surface area contributed by atoms with Crippen LogP contribution in [0.1, 0.15) is 18.4 Å². The largest absolute Gasteiger partial charge is 0.310 e. The Bertz CT molecular complexity index is 249. The lowest BCUT2D eigenvalue weighted by Gasteiger charge is -2.29. The van der Waals surface area contributed by atoms with E-state index in [-0.39, 0.29) is 0 Å². The van der Waals surface area contributed by atoms with Crippen molar-refractivity contribution in [3.8, 4) is 0 Å². The van der Waals surface area contributed by atoms with Crippen molar-refractivity contribution in [3.05, 3.63) is 18.0 Å². The van der Waals surface area contributed by atoms with Crippen LogP contribution in [0.25, 0.3) is 0 Å². The maximum atomic E-state index is 3.92. The standard InChI is InChI=1S/C10H18N4/c1-14-4-2-10(3-5-14)11-6-9-7-12-13-8-9/h7-8,10-11H,2-6H2,1H3,(H,12,13). The van der Waals surface area contributed by atoms with E-state index in [4.69, 9.17) is 0 Å². The van der Waals surface area contributed by atoms with E-state index < -0.39 is 0 Å². The monoisotopic (exact) mass is 194 g/mol. The molecule has 0 atom stereocenters. The lowest BCUT2D eigenvalue weighted by atomic mass is 10.1. The van der Waals surface area contributed by atoms with Gasteiger partial charge in [-0.1, -0.05) is 0 Å². The molecule has 0 unspecified atom stereocenters. The highest BCUT2D eigenvalue weighted by molar-refractivity contribution is 5.01. The van der Waals surface area contributed by atoms with Gasteiger partial charge in [0.05, 0.1) is 6.20 Å². The third-order valence-corrected chi connectivity index (χ3v) is 2.87. The zero-order chi connectivity index (χ0) is 9.80. The minimum atomic E-state index is 0.682. The van der Waals surface area contributed by atoms with Crippen molar-refractivity contribution in [3.63, 3.8) is 0 Å². The number of nitrogens with one attached hydrogen (secondary N) is 2. The molecule has 1 aliphatic heterocycles. The van der Waals surface area contributed by atoms with Crippen molar-refractivity contribution in [2.75, 3.05) is 20.1 Å². The number of hydrogen-bond donors (Lipinski definition) is 2. The summed E-state index contributed by atoms with van der Waals surface area (Å²) in [6, 6.07) is 0.682. The summed E-state index contributed by atoms with van der Waals surface area (Å²) in [6.45, 7) is 3.36. The first kappa shape index (κ1) is 9.68. The predicted molar refractivity (Wildman–Crippen MR) is 55.9 cm³/mol. The van der Waals surface area contributed by atoms with Gasteiger partial charge in [0.1, 0.15) is 0 Å². The Balaban J connectivity index is 1.71. The van der Waals surface area contributed by atoms with E-state index in [0.29, 0.717) is 6.04 Å². The molecule has 78 valence electrons. The van der Waals surface area contributed by atoms with Crippen LogP contribution in [0.2, 0.25) is 0 Å². The Morgan fingerprint density at radius 3 is 3.00 bits per heavy atom. The van der Waals surface area contributed by atoms with E-state index in [2.05, 4.69) is 27.5 Å². The Hall–Kier alpha value is -0.870. The van der Waals surface area contributed by atoms with Gasteiger partial charge in [-0.15, -0.1) is 0 Å². The van der Waals surface area contributed by atoms with Crippen molar-refractivity contribution in [2.45, 2.75) is 25.4 Å². The molecular weight excluding hydrogens is 176 g/mol. The Labute approximate surface area is 84.7 Å². The SMILES string of the molecule is CN1CCC(NCc2cn[nH]c2)CC1. The van der Waals surface area contributed by atoms with Crippen LogP contribution < -0.4 is 5.32 Å². The summed E-state index contributed by atoms with van der Waals surface area (Å²) in [5.74, 6) is 0. The molecule has 0 spiro atoms. The normalized spacial score (nSPS) is 20.1. The Morgan fingerprint density at radius 2 is 2.36 bits per heavy atom. The number of nitrogens with zero attached hydrogens (tertiary/aromatic N) is 2. The van der Waals surface area contributed by atoms with Crippen molar-refractivity contribution < 1.29 is 0 Å². The highest BCUT2D eigenvalue weighted by Gasteiger charge is 2.15. The molecule has 0 saturated carbocycles. The molecule has 0 amide bonds. The number of likely N-dealkylation sites (tertiary alicyclic amines) is 1. The van der Waals surface area contributed by atoms with Crippen LogP contribution in [0.3, 0.4) is 0 Å². The molecule has 1 aromatic heterocycles. The summed E-state index contributed by atoms with van der Waals surface area (Å²) in [4.78, 5) is 2.38. The summed E-state index contributed by atoms with van der Waals surface area (Å²) >= 11 is 0. The van der Waals surface area contributed by atoms with Gasteiger partial charge in [-0.05, 0) is 33.0 Å². The molecule has 1 aliphatic rings. The average Bonchev–Trinajstić information content (AvgIpc) is 2.70. The minimum Gasteiger partial charge on any atom is -0.310 e. The van der Waals surface area contributed by atoms with E-state index in [1.165, 1.54) is 31.5 Å². The molecule has 4 heteroatoms. The van der Waals surface area contributed by atoms with Crippen molar-refractivity contribution in [1.29, 1.82) is 0 Å². The molecule has 0 bridgehead atoms. The van der Waals surface area contributed by atoms with Gasteiger partial charge in [0.25, 0.3) is 0 Å². The maximum absolute atomic E-state index is 3.92. The average molecular weight is 194 g/mol. The van der Waals surface area contributed by atoms with Gasteiger partial charge in [-0.2, -0.15) is 5.10 Å². The second-order valence-corrected chi connectivity index (χ2v) is 4.07. The molecule has 1 saturated heterocycles. The fourth-order valence-electron chi connectivity index (χ4n) is 1.85. The fourth-order valence-corrected chi connectivity index (χ4v) is 1.85. The number of piperidine rings is 1. The molecule has 4 nitrogen and oxygen atoms in total. The minimum absolute atomic E-state index is 0.682. The molecule has 2 rings (SSSR count). The lowest BCUT2D eigenvalue weighted by molar-refractivity contribution is 0.234. The van der Waals surface area contributed by atoms with Gasteiger partial charge in [0.15, 0.2) is 0 Å². The number of hydrogen-bond acceptors (Lipinski definition) is 3. The zero-order valence-electron chi connectivity index (χ0n) is 8.66. The van der Waals surface area contributed by atoms with Crippen LogP contribution in [0.5, 0.6) is 0 Å². The van der Waals surface area contributed by atoms with Crippen molar-refractivity contribution in [2.24, 2.45) is 0 Å². The molecule has 0 radical (unpaired) electrons. The second kappa shape index (κ2) is 4.57. The molecule has 2 heterocycles. The van der Waals surface area contributed by atoms with Crippen LogP contribution in [0, 0.1) is 0 Å². The van der Waals surface area contributed by atoms with Gasteiger partial charge < -0.3 is 10.2 Å². The highest BCUT2D eigenvalue weighted by Crippen LogP contribution is 2.08. The van der Waals surface area contributed by atoms with Crippen molar-refractivity contribution >= 4 is 0 Å². The first-order valence-electron chi connectivity index (χ1n) is 5.24.